The van der Waals surface area contributed by atoms with Gasteiger partial charge in [0, 0.05) is 39.7 Å². The lowest BCUT2D eigenvalue weighted by molar-refractivity contribution is -0.213. The van der Waals surface area contributed by atoms with Crippen molar-refractivity contribution in [3.8, 4) is 0 Å². The van der Waals surface area contributed by atoms with Crippen molar-refractivity contribution in [3.05, 3.63) is 71.3 Å². The van der Waals surface area contributed by atoms with Crippen LogP contribution >= 0.6 is 23.5 Å². The fraction of sp³-hybridized carbons (Fsp3) is 0.733. The summed E-state index contributed by atoms with van der Waals surface area (Å²) >= 11 is 0. The molecule has 1 fully saturated rings. The molecule has 1 saturated carbocycles. The first kappa shape index (κ1) is 72.5. The fourth-order valence-electron chi connectivity index (χ4n) is 9.66. The molecule has 0 heterocycles. The Morgan fingerprint density at radius 3 is 1.44 bits per heavy atom. The van der Waals surface area contributed by atoms with Gasteiger partial charge in [0.2, 0.25) is 5.91 Å². The molecule has 1 aliphatic rings. The van der Waals surface area contributed by atoms with E-state index in [0.717, 1.165) is 64.2 Å². The van der Waals surface area contributed by atoms with Crippen LogP contribution in [0.4, 0.5) is 0 Å². The van der Waals surface area contributed by atoms with E-state index in [0.29, 0.717) is 24.0 Å². The van der Waals surface area contributed by atoms with Crippen molar-refractivity contribution in [2.75, 3.05) is 26.4 Å². The van der Waals surface area contributed by atoms with Gasteiger partial charge in [-0.3, -0.25) is 41.8 Å². The highest BCUT2D eigenvalue weighted by Gasteiger charge is 2.57. The molecule has 1 aliphatic carbocycles. The normalized spacial score (nSPS) is 20.3. The molecule has 0 spiro atoms. The van der Waals surface area contributed by atoms with Crippen molar-refractivity contribution in [3.63, 3.8) is 0 Å². The lowest BCUT2D eigenvalue weighted by Crippen LogP contribution is -2.65. The van der Waals surface area contributed by atoms with E-state index in [1.165, 1.54) is 114 Å². The molecular weight excluding hydrogens is 1160 g/mol. The molecule has 0 saturated heterocycles. The van der Waals surface area contributed by atoms with E-state index < -0.39 is 117 Å². The van der Waals surface area contributed by atoms with E-state index in [2.05, 4.69) is 28.2 Å². The standard InChI is InChI=1S/C60H100NO21P3/c1-3-5-7-9-11-13-15-17-19-21-23-25-30-35-52(63)76-45-50(79-53(64)36-31-26-24-22-20-18-16-14-12-10-8-6-4-2)46-78-85(75,82-58-55(66)56(67)59(80-83(69,70)71)60(57(58)68)81-84(72,73)74)77-44-32-43-61-51(62)42-39-47-37-40-49(41-38-47)54(65)48-33-28-27-29-34-48/h27-29,33-34,37-38,40-41,50,55-60,66-68H,3-26,30-32,35-36,39,42-46H2,1-2H3,(H,61,62)(H2,69,70,71)(H2,72,73,74)/t50-,55-,56-,57+,58+,59+,60+,85?/m1/s1/i39T,42T/t39?,42?,50-,55-,56-,57+,58+,59+,60+,85?. The summed E-state index contributed by atoms with van der Waals surface area (Å²) in [5, 5.41) is 36.0. The lowest BCUT2D eigenvalue weighted by atomic mass is 9.85. The fourth-order valence-corrected chi connectivity index (χ4v) is 12.2. The van der Waals surface area contributed by atoms with Crippen LogP contribution in [-0.4, -0.2) is 128 Å². The van der Waals surface area contributed by atoms with Crippen molar-refractivity contribution >= 4 is 47.1 Å². The van der Waals surface area contributed by atoms with E-state index in [1.807, 2.05) is 0 Å². The summed E-state index contributed by atoms with van der Waals surface area (Å²) in [6.45, 7) is 1.93. The van der Waals surface area contributed by atoms with E-state index in [4.69, 9.17) is 25.8 Å². The van der Waals surface area contributed by atoms with Gasteiger partial charge in [-0.2, -0.15) is 0 Å². The summed E-state index contributed by atoms with van der Waals surface area (Å²) in [7, 11) is -16.7. The van der Waals surface area contributed by atoms with Crippen molar-refractivity contribution in [1.29, 1.82) is 0 Å². The molecule has 1 amide bonds. The van der Waals surface area contributed by atoms with Crippen LogP contribution in [-0.2, 0) is 66.6 Å². The molecular formula is C60H100NO21P3. The minimum absolute atomic E-state index is 0.0394. The number of ketones is 1. The van der Waals surface area contributed by atoms with Gasteiger partial charge in [0.1, 0.15) is 43.2 Å². The quantitative estimate of drug-likeness (QED) is 0.0132. The van der Waals surface area contributed by atoms with Gasteiger partial charge in [0.25, 0.3) is 0 Å². The first-order valence-electron chi connectivity index (χ1n) is 31.9. The number of ether oxygens (including phenoxy) is 2. The Balaban J connectivity index is 1.74. The molecule has 3 rings (SSSR count). The van der Waals surface area contributed by atoms with Gasteiger partial charge in [-0.25, -0.2) is 13.7 Å². The summed E-state index contributed by atoms with van der Waals surface area (Å²) in [4.78, 5) is 90.8. The highest BCUT2D eigenvalue weighted by atomic mass is 31.2. The number of unbranched alkanes of at least 4 members (excludes halogenated alkanes) is 24. The van der Waals surface area contributed by atoms with Gasteiger partial charge < -0.3 is 49.7 Å². The van der Waals surface area contributed by atoms with Crippen molar-refractivity contribution in [2.24, 2.45) is 0 Å². The number of phosphoric ester groups is 3. The van der Waals surface area contributed by atoms with Gasteiger partial charge in [-0.1, -0.05) is 223 Å². The predicted octanol–water partition coefficient (Wildman–Crippen LogP) is 11.4. The van der Waals surface area contributed by atoms with E-state index in [1.54, 1.807) is 30.3 Å². The summed E-state index contributed by atoms with van der Waals surface area (Å²) in [5.74, 6) is -2.50. The molecule has 0 radical (unpaired) electrons. The highest BCUT2D eigenvalue weighted by molar-refractivity contribution is 7.48. The van der Waals surface area contributed by atoms with E-state index in [-0.39, 0.29) is 37.2 Å². The number of amides is 1. The van der Waals surface area contributed by atoms with Crippen LogP contribution in [0.2, 0.25) is 0 Å². The summed E-state index contributed by atoms with van der Waals surface area (Å²) < 4.78 is 92.6. The van der Waals surface area contributed by atoms with Crippen LogP contribution in [0.3, 0.4) is 0 Å². The number of rotatable bonds is 50. The SMILES string of the molecule is [3H]C(C(=O)NCCCOP(=O)(OC[C@@H](COC(=O)CCCCCCCCCCCCCCC)OC(=O)CCCCCCCCCCCCCCC)O[C@H]1[C@H](O)[C@@H](O)[C@H](OP(=O)(O)O)[C@@H](OP(=O)(O)O)[C@H]1O)C([3H])c1ccc(C(=O)c2ccccc2)cc1. The minimum atomic E-state index is -5.71. The maximum absolute atomic E-state index is 14.7. The highest BCUT2D eigenvalue weighted by Crippen LogP contribution is 2.54. The van der Waals surface area contributed by atoms with Crippen LogP contribution in [0, 0.1) is 0 Å². The summed E-state index contributed by atoms with van der Waals surface area (Å²) in [6.07, 6.45) is 8.05. The first-order valence-corrected chi connectivity index (χ1v) is 35.3. The molecule has 8 N–H and O–H groups in total. The third kappa shape index (κ3) is 34.3. The zero-order valence-electron chi connectivity index (χ0n) is 51.9. The number of hydrogen-bond donors (Lipinski definition) is 8. The first-order chi connectivity index (χ1) is 41.5. The van der Waals surface area contributed by atoms with Crippen LogP contribution in [0.1, 0.15) is 231 Å². The number of hydrogen-bond acceptors (Lipinski definition) is 17. The average molecular weight is 1270 g/mol. The largest absolute Gasteiger partial charge is 0.475 e. The molecule has 10 atom stereocenters. The van der Waals surface area contributed by atoms with Gasteiger partial charge in [-0.15, -0.1) is 0 Å². The Bertz CT molecular complexity index is 2390. The molecule has 85 heavy (non-hydrogen) atoms. The second-order valence-electron chi connectivity index (χ2n) is 21.8. The Hall–Kier alpha value is -3.27. The molecule has 0 aliphatic heterocycles. The number of aliphatic hydroxyl groups excluding tert-OH is 3. The Morgan fingerprint density at radius 1 is 0.518 bits per heavy atom. The predicted molar refractivity (Wildman–Crippen MR) is 320 cm³/mol. The molecule has 22 nitrogen and oxygen atoms in total. The summed E-state index contributed by atoms with van der Waals surface area (Å²) in [5.41, 5.74) is 1.05. The Kier molecular flexibility index (Phi) is 37.0. The number of nitrogens with one attached hydrogen (secondary N) is 1. The smallest absolute Gasteiger partial charge is 0.462 e. The zero-order valence-corrected chi connectivity index (χ0v) is 52.6. The third-order valence-corrected chi connectivity index (χ3v) is 16.9. The molecule has 0 aromatic heterocycles. The van der Waals surface area contributed by atoms with Gasteiger partial charge >= 0.3 is 35.4 Å². The number of phosphoric acid groups is 3. The Morgan fingerprint density at radius 2 is 0.953 bits per heavy atom. The van der Waals surface area contributed by atoms with E-state index >= 15 is 0 Å². The average Bonchev–Trinajstić information content (AvgIpc) is 0.994. The number of carbonyl (C=O) groups is 4. The number of carbonyl (C=O) groups excluding carboxylic acids is 4. The maximum atomic E-state index is 14.7. The topological polar surface area (TPSA) is 338 Å². The number of aryl methyl sites for hydroxylation is 1. The van der Waals surface area contributed by atoms with E-state index in [9.17, 15) is 67.8 Å². The van der Waals surface area contributed by atoms with Crippen molar-refractivity contribution in [2.45, 2.75) is 256 Å². The number of benzene rings is 2. The summed E-state index contributed by atoms with van der Waals surface area (Å²) in [6, 6.07) is 14.4. The molecule has 486 valence electrons. The van der Waals surface area contributed by atoms with Crippen LogP contribution in [0.15, 0.2) is 54.6 Å². The van der Waals surface area contributed by atoms with Crippen molar-refractivity contribution < 1.29 is 103 Å². The Labute approximate surface area is 506 Å². The second kappa shape index (κ2) is 43.4. The van der Waals surface area contributed by atoms with Gasteiger partial charge in [-0.05, 0) is 31.2 Å². The number of aliphatic hydroxyl groups is 3. The monoisotopic (exact) mass is 1270 g/mol. The zero-order chi connectivity index (χ0) is 64.1. The molecule has 0 bridgehead atoms. The van der Waals surface area contributed by atoms with Crippen LogP contribution in [0.25, 0.3) is 0 Å². The molecule has 3 unspecified atom stereocenters. The number of esters is 2. The van der Waals surface area contributed by atoms with Crippen molar-refractivity contribution in [1.82, 2.24) is 5.32 Å². The minimum Gasteiger partial charge on any atom is -0.462 e. The lowest BCUT2D eigenvalue weighted by Gasteiger charge is -2.44. The molecule has 25 heteroatoms. The second-order valence-corrected chi connectivity index (χ2v) is 25.8. The third-order valence-electron chi connectivity index (χ3n) is 14.4. The van der Waals surface area contributed by atoms with Gasteiger partial charge in [0.05, 0.1) is 13.2 Å². The molecule has 2 aromatic carbocycles. The van der Waals surface area contributed by atoms with Crippen LogP contribution < -0.4 is 5.32 Å². The van der Waals surface area contributed by atoms with Gasteiger partial charge in [0.15, 0.2) is 11.9 Å². The maximum Gasteiger partial charge on any atom is 0.475 e. The molecule has 2 aromatic rings. The van der Waals surface area contributed by atoms with Crippen LogP contribution in [0.5, 0.6) is 0 Å².